The van der Waals surface area contributed by atoms with Gasteiger partial charge in [0, 0.05) is 13.1 Å². The van der Waals surface area contributed by atoms with Crippen LogP contribution >= 0.6 is 0 Å². The van der Waals surface area contributed by atoms with Gasteiger partial charge in [0.25, 0.3) is 0 Å². The Bertz CT molecular complexity index is 362. The lowest BCUT2D eigenvalue weighted by Gasteiger charge is -2.36. The van der Waals surface area contributed by atoms with Gasteiger partial charge in [-0.25, -0.2) is 0 Å². The average molecular weight is 290 g/mol. The van der Waals surface area contributed by atoms with E-state index in [0.29, 0.717) is 0 Å². The Balaban J connectivity index is 0.00000106. The highest BCUT2D eigenvalue weighted by atomic mass is 15.2. The van der Waals surface area contributed by atoms with E-state index in [-0.39, 0.29) is 0 Å². The summed E-state index contributed by atoms with van der Waals surface area (Å²) in [6.07, 6.45) is 6.84. The topological polar surface area (TPSA) is 3.24 Å². The highest BCUT2D eigenvalue weighted by molar-refractivity contribution is 5.24. The van der Waals surface area contributed by atoms with Crippen LogP contribution in [0, 0.1) is 12.8 Å². The highest BCUT2D eigenvalue weighted by Gasteiger charge is 2.22. The molecule has 1 fully saturated rings. The number of rotatable bonds is 7. The van der Waals surface area contributed by atoms with E-state index in [1.54, 1.807) is 5.56 Å². The molecule has 120 valence electrons. The minimum absolute atomic E-state index is 0.781. The summed E-state index contributed by atoms with van der Waals surface area (Å²) in [6, 6.07) is 9.21. The zero-order valence-electron chi connectivity index (χ0n) is 14.9. The van der Waals surface area contributed by atoms with E-state index in [1.165, 1.54) is 50.8 Å². The molecule has 21 heavy (non-hydrogen) atoms. The standard InChI is InChI=1S/C18H29N.C2H6/c1-4-6-17(18-11-9-15(2)10-12-18)8-5-7-16-13-19(3)14-16;1-2/h9-12,16-17H,4-8,13-14H2,1-3H3;1-2H3. The van der Waals surface area contributed by atoms with E-state index in [4.69, 9.17) is 0 Å². The van der Waals surface area contributed by atoms with Crippen LogP contribution in [0.5, 0.6) is 0 Å². The number of hydrogen-bond acceptors (Lipinski definition) is 1. The second-order valence-corrected chi connectivity index (χ2v) is 6.41. The molecule has 0 amide bonds. The van der Waals surface area contributed by atoms with E-state index in [0.717, 1.165) is 11.8 Å². The van der Waals surface area contributed by atoms with Crippen molar-refractivity contribution < 1.29 is 0 Å². The third-order valence-electron chi connectivity index (χ3n) is 4.49. The molecule has 1 heteroatoms. The molecule has 1 aliphatic rings. The summed E-state index contributed by atoms with van der Waals surface area (Å²) in [6.45, 7) is 11.1. The zero-order chi connectivity index (χ0) is 15.7. The van der Waals surface area contributed by atoms with Gasteiger partial charge in [0.15, 0.2) is 0 Å². The summed E-state index contributed by atoms with van der Waals surface area (Å²) in [7, 11) is 2.22. The molecule has 1 saturated heterocycles. The van der Waals surface area contributed by atoms with E-state index >= 15 is 0 Å². The van der Waals surface area contributed by atoms with Gasteiger partial charge in [-0.15, -0.1) is 0 Å². The molecule has 0 saturated carbocycles. The van der Waals surface area contributed by atoms with Crippen molar-refractivity contribution in [1.29, 1.82) is 0 Å². The fourth-order valence-electron chi connectivity index (χ4n) is 3.33. The van der Waals surface area contributed by atoms with E-state index in [2.05, 4.69) is 50.1 Å². The average Bonchev–Trinajstić information content (AvgIpc) is 2.47. The molecule has 1 unspecified atom stereocenters. The van der Waals surface area contributed by atoms with Gasteiger partial charge in [0.2, 0.25) is 0 Å². The SMILES string of the molecule is CC.CCCC(CCCC1CN(C)C1)c1ccc(C)cc1. The van der Waals surface area contributed by atoms with Crippen molar-refractivity contribution in [3.05, 3.63) is 35.4 Å². The lowest BCUT2D eigenvalue weighted by molar-refractivity contribution is 0.124. The summed E-state index contributed by atoms with van der Waals surface area (Å²) in [5.74, 6) is 1.76. The first-order chi connectivity index (χ1) is 10.2. The maximum absolute atomic E-state index is 2.42. The Morgan fingerprint density at radius 1 is 1.10 bits per heavy atom. The summed E-state index contributed by atoms with van der Waals surface area (Å²) < 4.78 is 0. The van der Waals surface area contributed by atoms with Gasteiger partial charge in [-0.05, 0) is 50.6 Å². The molecule has 1 atom stereocenters. The van der Waals surface area contributed by atoms with E-state index < -0.39 is 0 Å². The largest absolute Gasteiger partial charge is 0.306 e. The Morgan fingerprint density at radius 2 is 1.71 bits per heavy atom. The van der Waals surface area contributed by atoms with Crippen molar-refractivity contribution in [2.75, 3.05) is 20.1 Å². The maximum atomic E-state index is 2.42. The first kappa shape index (κ1) is 18.2. The van der Waals surface area contributed by atoms with Crippen LogP contribution in [0.2, 0.25) is 0 Å². The fourth-order valence-corrected chi connectivity index (χ4v) is 3.33. The molecule has 1 aliphatic heterocycles. The Kier molecular flexibility index (Phi) is 8.68. The zero-order valence-corrected chi connectivity index (χ0v) is 14.9. The molecule has 1 aromatic carbocycles. The minimum atomic E-state index is 0.781. The Hall–Kier alpha value is -0.820. The third-order valence-corrected chi connectivity index (χ3v) is 4.49. The molecule has 0 aliphatic carbocycles. The monoisotopic (exact) mass is 289 g/mol. The first-order valence-corrected chi connectivity index (χ1v) is 8.94. The van der Waals surface area contributed by atoms with Crippen LogP contribution in [0.15, 0.2) is 24.3 Å². The van der Waals surface area contributed by atoms with Crippen LogP contribution in [0.25, 0.3) is 0 Å². The van der Waals surface area contributed by atoms with Crippen molar-refractivity contribution in [1.82, 2.24) is 4.90 Å². The lowest BCUT2D eigenvalue weighted by atomic mass is 9.86. The van der Waals surface area contributed by atoms with Crippen molar-refractivity contribution in [3.8, 4) is 0 Å². The van der Waals surface area contributed by atoms with E-state index in [1.807, 2.05) is 13.8 Å². The second kappa shape index (κ2) is 10.00. The van der Waals surface area contributed by atoms with Crippen LogP contribution in [-0.2, 0) is 0 Å². The van der Waals surface area contributed by atoms with Gasteiger partial charge in [0.1, 0.15) is 0 Å². The Labute approximate surface area is 132 Å². The van der Waals surface area contributed by atoms with Crippen LogP contribution < -0.4 is 0 Å². The van der Waals surface area contributed by atoms with Gasteiger partial charge in [-0.2, -0.15) is 0 Å². The fraction of sp³-hybridized carbons (Fsp3) is 0.700. The quantitative estimate of drug-likeness (QED) is 0.628. The van der Waals surface area contributed by atoms with Crippen LogP contribution in [0.1, 0.15) is 69.9 Å². The van der Waals surface area contributed by atoms with Crippen LogP contribution in [0.3, 0.4) is 0 Å². The van der Waals surface area contributed by atoms with Gasteiger partial charge >= 0.3 is 0 Å². The highest BCUT2D eigenvalue weighted by Crippen LogP contribution is 2.29. The molecule has 1 nitrogen and oxygen atoms in total. The second-order valence-electron chi connectivity index (χ2n) is 6.41. The molecular formula is C20H35N. The van der Waals surface area contributed by atoms with Gasteiger partial charge in [-0.3, -0.25) is 0 Å². The molecule has 0 N–H and O–H groups in total. The Morgan fingerprint density at radius 3 is 2.24 bits per heavy atom. The number of benzene rings is 1. The van der Waals surface area contributed by atoms with E-state index in [9.17, 15) is 0 Å². The van der Waals surface area contributed by atoms with Gasteiger partial charge in [-0.1, -0.05) is 63.4 Å². The van der Waals surface area contributed by atoms with Gasteiger partial charge in [0.05, 0.1) is 0 Å². The van der Waals surface area contributed by atoms with Crippen molar-refractivity contribution >= 4 is 0 Å². The van der Waals surface area contributed by atoms with Crippen molar-refractivity contribution in [2.24, 2.45) is 5.92 Å². The molecule has 0 radical (unpaired) electrons. The summed E-state index contributed by atoms with van der Waals surface area (Å²) in [5, 5.41) is 0. The number of nitrogens with zero attached hydrogens (tertiary/aromatic N) is 1. The van der Waals surface area contributed by atoms with Gasteiger partial charge < -0.3 is 4.90 Å². The summed E-state index contributed by atoms with van der Waals surface area (Å²) in [4.78, 5) is 2.42. The predicted octanol–water partition coefficient (Wildman–Crippen LogP) is 5.64. The van der Waals surface area contributed by atoms with Crippen molar-refractivity contribution in [3.63, 3.8) is 0 Å². The molecule has 1 heterocycles. The molecule has 1 aromatic rings. The summed E-state index contributed by atoms with van der Waals surface area (Å²) in [5.41, 5.74) is 2.93. The lowest BCUT2D eigenvalue weighted by Crippen LogP contribution is -2.43. The predicted molar refractivity (Wildman–Crippen MR) is 95.0 cm³/mol. The van der Waals surface area contributed by atoms with Crippen molar-refractivity contribution in [2.45, 2.75) is 65.7 Å². The minimum Gasteiger partial charge on any atom is -0.306 e. The van der Waals surface area contributed by atoms with Crippen LogP contribution in [0.4, 0.5) is 0 Å². The molecule has 0 aromatic heterocycles. The number of hydrogen-bond donors (Lipinski definition) is 0. The number of likely N-dealkylation sites (tertiary alicyclic amines) is 1. The summed E-state index contributed by atoms with van der Waals surface area (Å²) >= 11 is 0. The van der Waals surface area contributed by atoms with Crippen LogP contribution in [-0.4, -0.2) is 25.0 Å². The molecule has 0 spiro atoms. The smallest absolute Gasteiger partial charge is 0.00190 e. The molecule has 0 bridgehead atoms. The third kappa shape index (κ3) is 6.22. The normalized spacial score (nSPS) is 16.8. The maximum Gasteiger partial charge on any atom is 0.00190 e. The molecular weight excluding hydrogens is 254 g/mol. The molecule has 2 rings (SSSR count). The number of aryl methyl sites for hydroxylation is 1. The first-order valence-electron chi connectivity index (χ1n) is 8.94.